The third kappa shape index (κ3) is 13.0. The van der Waals surface area contributed by atoms with Gasteiger partial charge in [-0.3, -0.25) is 14.4 Å². The summed E-state index contributed by atoms with van der Waals surface area (Å²) in [6, 6.07) is 5.10. The fourth-order valence-corrected chi connectivity index (χ4v) is 4.85. The molecule has 12 heteroatoms. The van der Waals surface area contributed by atoms with Crippen molar-refractivity contribution in [2.24, 2.45) is 39.9 Å². The van der Waals surface area contributed by atoms with E-state index in [0.717, 1.165) is 12.0 Å². The van der Waals surface area contributed by atoms with Gasteiger partial charge in [0.25, 0.3) is 0 Å². The number of esters is 1. The molecule has 0 fully saturated rings. The summed E-state index contributed by atoms with van der Waals surface area (Å²) >= 11 is 0. The van der Waals surface area contributed by atoms with Gasteiger partial charge in [-0.15, -0.1) is 0 Å². The zero-order valence-electron chi connectivity index (χ0n) is 27.9. The molecule has 0 aromatic heterocycles. The van der Waals surface area contributed by atoms with Crippen molar-refractivity contribution in [1.82, 2.24) is 5.32 Å². The van der Waals surface area contributed by atoms with Gasteiger partial charge in [0.15, 0.2) is 11.5 Å². The van der Waals surface area contributed by atoms with Crippen molar-refractivity contribution in [2.45, 2.75) is 86.3 Å². The Morgan fingerprint density at radius 3 is 2.25 bits per heavy atom. The van der Waals surface area contributed by atoms with E-state index >= 15 is 0 Å². The largest absolute Gasteiger partial charge is 0.493 e. The first-order chi connectivity index (χ1) is 20.7. The van der Waals surface area contributed by atoms with E-state index in [9.17, 15) is 19.9 Å². The van der Waals surface area contributed by atoms with E-state index in [4.69, 9.17) is 24.7 Å². The number of rotatable bonds is 21. The SMILES string of the molecule is COCCCOc1cc(C[C@@H](C[C@H](N=[N+]=[N-])[C@H](C[C@@H](C(=O)NCC(C)(C)C(N)=O)C(C)C)OC(C)=O)C(C)C)ccc1OC. The van der Waals surface area contributed by atoms with Crippen LogP contribution >= 0.6 is 0 Å². The van der Waals surface area contributed by atoms with Gasteiger partial charge in [0.2, 0.25) is 11.8 Å². The highest BCUT2D eigenvalue weighted by Gasteiger charge is 2.35. The van der Waals surface area contributed by atoms with Crippen molar-refractivity contribution in [2.75, 3.05) is 34.0 Å². The minimum absolute atomic E-state index is 0.0426. The number of nitrogens with two attached hydrogens (primary N) is 1. The maximum atomic E-state index is 13.3. The number of amides is 2. The number of primary amides is 1. The molecule has 0 aliphatic carbocycles. The third-order valence-electron chi connectivity index (χ3n) is 7.91. The number of ether oxygens (including phenoxy) is 4. The molecule has 1 rings (SSSR count). The van der Waals surface area contributed by atoms with Crippen LogP contribution in [0.4, 0.5) is 0 Å². The number of hydrogen-bond acceptors (Lipinski definition) is 8. The highest BCUT2D eigenvalue weighted by molar-refractivity contribution is 5.83. The van der Waals surface area contributed by atoms with Gasteiger partial charge >= 0.3 is 5.97 Å². The smallest absolute Gasteiger partial charge is 0.302 e. The Labute approximate surface area is 262 Å². The van der Waals surface area contributed by atoms with E-state index in [1.165, 1.54) is 6.92 Å². The number of nitrogens with one attached hydrogen (secondary N) is 1. The topological polar surface area (TPSA) is 175 Å². The standard InChI is InChI=1S/C32H53N5O7/c1-20(2)24(15-23-11-12-27(42-9)29(16-23)43-14-10-13-41-8)17-26(36-37-34)28(44-22(5)38)18-25(21(3)4)30(39)35-19-32(6,7)31(33)40/h11-12,16,20-21,24-26,28H,10,13-15,17-19H2,1-9H3,(H2,33,40)(H,35,39)/t24-,25+,26-,28-/m0/s1. The maximum absolute atomic E-state index is 13.3. The lowest BCUT2D eigenvalue weighted by molar-refractivity contribution is -0.150. The molecule has 0 spiro atoms. The molecular formula is C32H53N5O7. The highest BCUT2D eigenvalue weighted by Crippen LogP contribution is 2.33. The fourth-order valence-electron chi connectivity index (χ4n) is 4.85. The van der Waals surface area contributed by atoms with E-state index in [1.807, 2.05) is 32.0 Å². The van der Waals surface area contributed by atoms with Crippen LogP contribution in [0.3, 0.4) is 0 Å². The summed E-state index contributed by atoms with van der Waals surface area (Å²) in [5, 5.41) is 6.91. The minimum Gasteiger partial charge on any atom is -0.493 e. The van der Waals surface area contributed by atoms with Crippen LogP contribution in [0.25, 0.3) is 10.4 Å². The number of hydrogen-bond donors (Lipinski definition) is 2. The van der Waals surface area contributed by atoms with Gasteiger partial charge in [0.1, 0.15) is 6.10 Å². The minimum atomic E-state index is -0.930. The molecule has 2 amide bonds. The summed E-state index contributed by atoms with van der Waals surface area (Å²) in [4.78, 5) is 40.3. The predicted octanol–water partition coefficient (Wildman–Crippen LogP) is 5.22. The molecule has 0 radical (unpaired) electrons. The Morgan fingerprint density at radius 2 is 1.73 bits per heavy atom. The molecule has 0 saturated carbocycles. The average molecular weight is 620 g/mol. The summed E-state index contributed by atoms with van der Waals surface area (Å²) in [5.74, 6) is -0.541. The molecule has 0 saturated heterocycles. The second-order valence-corrected chi connectivity index (χ2v) is 12.6. The molecule has 0 heterocycles. The molecule has 4 atom stereocenters. The van der Waals surface area contributed by atoms with Crippen LogP contribution in [-0.4, -0.2) is 63.9 Å². The highest BCUT2D eigenvalue weighted by atomic mass is 16.5. The number of benzene rings is 1. The molecule has 3 N–H and O–H groups in total. The Hall–Kier alpha value is -3.50. The average Bonchev–Trinajstić information content (AvgIpc) is 2.95. The lowest BCUT2D eigenvalue weighted by atomic mass is 9.80. The van der Waals surface area contributed by atoms with Crippen molar-refractivity contribution < 1.29 is 33.3 Å². The van der Waals surface area contributed by atoms with Crippen molar-refractivity contribution in [1.29, 1.82) is 0 Å². The van der Waals surface area contributed by atoms with Crippen molar-refractivity contribution >= 4 is 17.8 Å². The Kier molecular flexibility index (Phi) is 16.6. The van der Waals surface area contributed by atoms with Crippen molar-refractivity contribution in [3.05, 3.63) is 34.2 Å². The van der Waals surface area contributed by atoms with E-state index in [2.05, 4.69) is 29.2 Å². The van der Waals surface area contributed by atoms with E-state index in [-0.39, 0.29) is 36.6 Å². The second kappa shape index (κ2) is 19.0. The molecule has 0 unspecified atom stereocenters. The number of carbonyl (C=O) groups is 3. The molecule has 0 bridgehead atoms. The van der Waals surface area contributed by atoms with E-state index in [1.54, 1.807) is 28.1 Å². The molecule has 0 aliphatic heterocycles. The Bertz CT molecular complexity index is 1120. The number of carbonyl (C=O) groups excluding carboxylic acids is 3. The Morgan fingerprint density at radius 1 is 1.05 bits per heavy atom. The first-order valence-corrected chi connectivity index (χ1v) is 15.2. The molecule has 12 nitrogen and oxygen atoms in total. The maximum Gasteiger partial charge on any atom is 0.302 e. The van der Waals surface area contributed by atoms with E-state index in [0.29, 0.717) is 37.6 Å². The quantitative estimate of drug-likeness (QED) is 0.0623. The fraction of sp³-hybridized carbons (Fsp3) is 0.719. The van der Waals surface area contributed by atoms with Gasteiger partial charge in [-0.2, -0.15) is 0 Å². The number of methoxy groups -OCH3 is 2. The van der Waals surface area contributed by atoms with Gasteiger partial charge in [-0.25, -0.2) is 0 Å². The van der Waals surface area contributed by atoms with Crippen molar-refractivity contribution in [3.8, 4) is 11.5 Å². The first-order valence-electron chi connectivity index (χ1n) is 15.2. The predicted molar refractivity (Wildman–Crippen MR) is 169 cm³/mol. The van der Waals surface area contributed by atoms with Gasteiger partial charge in [0, 0.05) is 44.4 Å². The number of azide groups is 1. The molecule has 44 heavy (non-hydrogen) atoms. The summed E-state index contributed by atoms with van der Waals surface area (Å²) in [7, 11) is 3.24. The van der Waals surface area contributed by atoms with Crippen LogP contribution in [0, 0.1) is 29.1 Å². The van der Waals surface area contributed by atoms with Crippen LogP contribution in [-0.2, 0) is 30.3 Å². The molecule has 1 aromatic rings. The van der Waals surface area contributed by atoms with Crippen LogP contribution in [0.2, 0.25) is 0 Å². The molecular weight excluding hydrogens is 566 g/mol. The summed E-state index contributed by atoms with van der Waals surface area (Å²) < 4.78 is 22.3. The van der Waals surface area contributed by atoms with Gasteiger partial charge < -0.3 is 30.0 Å². The summed E-state index contributed by atoms with van der Waals surface area (Å²) in [6.45, 7) is 13.7. The van der Waals surface area contributed by atoms with E-state index < -0.39 is 35.4 Å². The van der Waals surface area contributed by atoms with Crippen LogP contribution in [0.5, 0.6) is 11.5 Å². The monoisotopic (exact) mass is 619 g/mol. The van der Waals surface area contributed by atoms with Crippen LogP contribution in [0.1, 0.15) is 73.3 Å². The first kappa shape index (κ1) is 38.5. The summed E-state index contributed by atoms with van der Waals surface area (Å²) in [5.41, 5.74) is 15.1. The lowest BCUT2D eigenvalue weighted by Crippen LogP contribution is -2.46. The molecule has 1 aromatic carbocycles. The van der Waals surface area contributed by atoms with Gasteiger partial charge in [-0.05, 0) is 74.1 Å². The summed E-state index contributed by atoms with van der Waals surface area (Å²) in [6.07, 6.45) is 1.13. The third-order valence-corrected chi connectivity index (χ3v) is 7.91. The number of nitrogens with zero attached hydrogens (tertiary/aromatic N) is 3. The lowest BCUT2D eigenvalue weighted by Gasteiger charge is -2.32. The van der Waals surface area contributed by atoms with Crippen LogP contribution in [0.15, 0.2) is 23.3 Å². The normalized spacial score (nSPS) is 14.2. The van der Waals surface area contributed by atoms with Crippen molar-refractivity contribution in [3.63, 3.8) is 0 Å². The zero-order chi connectivity index (χ0) is 33.4. The van der Waals surface area contributed by atoms with Gasteiger partial charge in [-0.1, -0.05) is 38.9 Å². The van der Waals surface area contributed by atoms with Gasteiger partial charge in [0.05, 0.1) is 25.2 Å². The molecule has 0 aliphatic rings. The molecule has 248 valence electrons. The van der Waals surface area contributed by atoms with Crippen LogP contribution < -0.4 is 20.5 Å². The zero-order valence-corrected chi connectivity index (χ0v) is 27.9. The Balaban J connectivity index is 3.26. The second-order valence-electron chi connectivity index (χ2n) is 12.6.